The predicted octanol–water partition coefficient (Wildman–Crippen LogP) is 2.43. The lowest BCUT2D eigenvalue weighted by molar-refractivity contribution is 0.679. The molecule has 3 nitrogen and oxygen atoms in total. The van der Waals surface area contributed by atoms with Gasteiger partial charge in [0.1, 0.15) is 0 Å². The summed E-state index contributed by atoms with van der Waals surface area (Å²) in [7, 11) is 0. The molecular weight excluding hydrogens is 162 g/mol. The Kier molecular flexibility index (Phi) is 2.96. The van der Waals surface area contributed by atoms with Crippen molar-refractivity contribution >= 4 is 0 Å². The average Bonchev–Trinajstić information content (AvgIpc) is 2.04. The molecule has 13 heavy (non-hydrogen) atoms. The van der Waals surface area contributed by atoms with Gasteiger partial charge in [0.15, 0.2) is 5.82 Å². The highest BCUT2D eigenvalue weighted by Gasteiger charge is 2.10. The maximum atomic E-state index is 4.50. The van der Waals surface area contributed by atoms with Crippen LogP contribution in [0.25, 0.3) is 0 Å². The Morgan fingerprint density at radius 2 is 1.54 bits per heavy atom. The van der Waals surface area contributed by atoms with Gasteiger partial charge in [-0.25, -0.2) is 4.98 Å². The van der Waals surface area contributed by atoms with Crippen LogP contribution in [0.1, 0.15) is 56.7 Å². The van der Waals surface area contributed by atoms with E-state index in [-0.39, 0.29) is 0 Å². The molecule has 0 spiro atoms. The van der Waals surface area contributed by atoms with Gasteiger partial charge in [-0.2, -0.15) is 5.10 Å². The van der Waals surface area contributed by atoms with E-state index in [4.69, 9.17) is 0 Å². The first-order valence-corrected chi connectivity index (χ1v) is 4.73. The smallest absolute Gasteiger partial charge is 0.153 e. The summed E-state index contributed by atoms with van der Waals surface area (Å²) in [6.45, 7) is 10.4. The Morgan fingerprint density at radius 1 is 0.923 bits per heavy atom. The van der Waals surface area contributed by atoms with Crippen molar-refractivity contribution in [1.82, 2.24) is 15.2 Å². The van der Waals surface area contributed by atoms with Crippen molar-refractivity contribution in [3.05, 3.63) is 17.2 Å². The molecule has 1 aromatic heterocycles. The molecule has 0 unspecified atom stereocenters. The Morgan fingerprint density at radius 3 is 2.00 bits per heavy atom. The van der Waals surface area contributed by atoms with E-state index in [0.29, 0.717) is 11.8 Å². The summed E-state index contributed by atoms with van der Waals surface area (Å²) < 4.78 is 0. The zero-order valence-corrected chi connectivity index (χ0v) is 9.00. The maximum absolute atomic E-state index is 4.50. The van der Waals surface area contributed by atoms with Crippen molar-refractivity contribution in [2.24, 2.45) is 0 Å². The quantitative estimate of drug-likeness (QED) is 0.699. The molecular formula is C10H17N3. The van der Waals surface area contributed by atoms with Gasteiger partial charge in [-0.1, -0.05) is 27.7 Å². The number of rotatable bonds is 2. The van der Waals surface area contributed by atoms with Crippen LogP contribution in [0.2, 0.25) is 0 Å². The molecule has 72 valence electrons. The van der Waals surface area contributed by atoms with E-state index in [1.165, 1.54) is 0 Å². The largest absolute Gasteiger partial charge is 0.234 e. The molecule has 0 aliphatic rings. The highest BCUT2D eigenvalue weighted by molar-refractivity contribution is 5.13. The van der Waals surface area contributed by atoms with E-state index in [1.807, 2.05) is 6.92 Å². The molecule has 0 saturated heterocycles. The fraction of sp³-hybridized carbons (Fsp3) is 0.700. The van der Waals surface area contributed by atoms with Gasteiger partial charge in [0, 0.05) is 5.92 Å². The van der Waals surface area contributed by atoms with E-state index in [2.05, 4.69) is 42.9 Å². The third-order valence-corrected chi connectivity index (χ3v) is 1.97. The van der Waals surface area contributed by atoms with Crippen LogP contribution in [0.3, 0.4) is 0 Å². The Labute approximate surface area is 79.6 Å². The van der Waals surface area contributed by atoms with Gasteiger partial charge >= 0.3 is 0 Å². The van der Waals surface area contributed by atoms with Crippen LogP contribution >= 0.6 is 0 Å². The minimum Gasteiger partial charge on any atom is -0.234 e. The standard InChI is InChI=1S/C10H17N3/c1-6(2)9-8(5)12-13-10(11-9)7(3)4/h6-7H,1-5H3. The number of hydrogen-bond donors (Lipinski definition) is 0. The van der Waals surface area contributed by atoms with Crippen LogP contribution in [-0.2, 0) is 0 Å². The summed E-state index contributed by atoms with van der Waals surface area (Å²) >= 11 is 0. The zero-order valence-electron chi connectivity index (χ0n) is 9.00. The van der Waals surface area contributed by atoms with Crippen LogP contribution in [0.15, 0.2) is 0 Å². The molecule has 0 fully saturated rings. The Balaban J connectivity index is 3.11. The number of aryl methyl sites for hydroxylation is 1. The lowest BCUT2D eigenvalue weighted by atomic mass is 10.1. The van der Waals surface area contributed by atoms with Gasteiger partial charge in [-0.15, -0.1) is 5.10 Å². The van der Waals surface area contributed by atoms with Crippen LogP contribution in [0.5, 0.6) is 0 Å². The maximum Gasteiger partial charge on any atom is 0.153 e. The van der Waals surface area contributed by atoms with E-state index in [1.54, 1.807) is 0 Å². The topological polar surface area (TPSA) is 38.7 Å². The van der Waals surface area contributed by atoms with Crippen LogP contribution in [0, 0.1) is 6.92 Å². The molecule has 0 N–H and O–H groups in total. The molecule has 1 heterocycles. The van der Waals surface area contributed by atoms with Crippen molar-refractivity contribution in [1.29, 1.82) is 0 Å². The number of hydrogen-bond acceptors (Lipinski definition) is 3. The van der Waals surface area contributed by atoms with Crippen LogP contribution in [0.4, 0.5) is 0 Å². The van der Waals surface area contributed by atoms with E-state index in [0.717, 1.165) is 17.2 Å². The Hall–Kier alpha value is -0.990. The van der Waals surface area contributed by atoms with Crippen molar-refractivity contribution in [3.8, 4) is 0 Å². The van der Waals surface area contributed by atoms with Crippen molar-refractivity contribution in [2.75, 3.05) is 0 Å². The van der Waals surface area contributed by atoms with Gasteiger partial charge in [-0.05, 0) is 12.8 Å². The van der Waals surface area contributed by atoms with Crippen molar-refractivity contribution in [3.63, 3.8) is 0 Å². The summed E-state index contributed by atoms with van der Waals surface area (Å²) in [5.41, 5.74) is 2.01. The molecule has 0 bridgehead atoms. The van der Waals surface area contributed by atoms with Gasteiger partial charge in [0.2, 0.25) is 0 Å². The normalized spacial score (nSPS) is 11.3. The summed E-state index contributed by atoms with van der Waals surface area (Å²) in [4.78, 5) is 4.50. The summed E-state index contributed by atoms with van der Waals surface area (Å²) in [5.74, 6) is 1.62. The highest BCUT2D eigenvalue weighted by Crippen LogP contribution is 2.16. The van der Waals surface area contributed by atoms with E-state index in [9.17, 15) is 0 Å². The molecule has 0 aromatic carbocycles. The molecule has 0 aliphatic heterocycles. The first-order valence-electron chi connectivity index (χ1n) is 4.73. The van der Waals surface area contributed by atoms with Crippen molar-refractivity contribution < 1.29 is 0 Å². The molecule has 0 saturated carbocycles. The highest BCUT2D eigenvalue weighted by atomic mass is 15.2. The average molecular weight is 179 g/mol. The first-order chi connectivity index (χ1) is 6.02. The lowest BCUT2D eigenvalue weighted by Crippen LogP contribution is -2.07. The van der Waals surface area contributed by atoms with Gasteiger partial charge in [-0.3, -0.25) is 0 Å². The second kappa shape index (κ2) is 3.81. The predicted molar refractivity (Wildman–Crippen MR) is 52.7 cm³/mol. The summed E-state index contributed by atoms with van der Waals surface area (Å²) in [6.07, 6.45) is 0. The zero-order chi connectivity index (χ0) is 10.0. The van der Waals surface area contributed by atoms with E-state index >= 15 is 0 Å². The summed E-state index contributed by atoms with van der Waals surface area (Å²) in [5, 5.41) is 8.17. The van der Waals surface area contributed by atoms with Gasteiger partial charge in [0.05, 0.1) is 11.4 Å². The third kappa shape index (κ3) is 2.23. The van der Waals surface area contributed by atoms with Crippen LogP contribution < -0.4 is 0 Å². The van der Waals surface area contributed by atoms with Crippen molar-refractivity contribution in [2.45, 2.75) is 46.5 Å². The lowest BCUT2D eigenvalue weighted by Gasteiger charge is -2.09. The van der Waals surface area contributed by atoms with Gasteiger partial charge < -0.3 is 0 Å². The number of nitrogens with zero attached hydrogens (tertiary/aromatic N) is 3. The van der Waals surface area contributed by atoms with Gasteiger partial charge in [0.25, 0.3) is 0 Å². The minimum atomic E-state index is 0.352. The Bertz CT molecular complexity index is 292. The molecule has 0 aliphatic carbocycles. The third-order valence-electron chi connectivity index (χ3n) is 1.97. The summed E-state index contributed by atoms with van der Waals surface area (Å²) in [6, 6.07) is 0. The molecule has 0 atom stereocenters. The SMILES string of the molecule is Cc1nnc(C(C)C)nc1C(C)C. The second-order valence-corrected chi connectivity index (χ2v) is 3.95. The fourth-order valence-electron chi connectivity index (χ4n) is 1.20. The fourth-order valence-corrected chi connectivity index (χ4v) is 1.20. The molecule has 1 rings (SSSR count). The van der Waals surface area contributed by atoms with E-state index < -0.39 is 0 Å². The molecule has 0 radical (unpaired) electrons. The molecule has 1 aromatic rings. The monoisotopic (exact) mass is 179 g/mol. The molecule has 3 heteroatoms. The number of aromatic nitrogens is 3. The first kappa shape index (κ1) is 10.1. The minimum absolute atomic E-state index is 0.352. The molecule has 0 amide bonds. The second-order valence-electron chi connectivity index (χ2n) is 3.95. The van der Waals surface area contributed by atoms with Crippen LogP contribution in [-0.4, -0.2) is 15.2 Å².